The number of amides is 1. The molecule has 7 nitrogen and oxygen atoms in total. The number of alkyl halides is 3. The van der Waals surface area contributed by atoms with Crippen molar-refractivity contribution in [2.45, 2.75) is 38.8 Å². The van der Waals surface area contributed by atoms with E-state index in [0.717, 1.165) is 18.7 Å². The van der Waals surface area contributed by atoms with Gasteiger partial charge in [-0.15, -0.1) is 0 Å². The SMILES string of the molecule is COC(=O)CCCCCNC(=O)c1cnn(-c2ccc(C(F)(F)F)cn2)c1C. The molecule has 10 heteroatoms. The van der Waals surface area contributed by atoms with Crippen LogP contribution in [-0.2, 0) is 15.7 Å². The molecule has 2 rings (SSSR count). The Hall–Kier alpha value is -2.91. The van der Waals surface area contributed by atoms with E-state index in [1.807, 2.05) is 0 Å². The Labute approximate surface area is 159 Å². The predicted octanol–water partition coefficient (Wildman–Crippen LogP) is 3.06. The van der Waals surface area contributed by atoms with Crippen LogP contribution in [0.5, 0.6) is 0 Å². The number of rotatable bonds is 8. The molecular weight excluding hydrogens is 377 g/mol. The lowest BCUT2D eigenvalue weighted by atomic mass is 10.2. The standard InChI is InChI=1S/C18H21F3N4O3/c1-12-14(17(27)22-9-5-3-4-6-16(26)28-2)11-24-25(12)15-8-7-13(10-23-15)18(19,20)21/h7-8,10-11H,3-6,9H2,1-2H3,(H,22,27). The molecule has 0 unspecified atom stereocenters. The van der Waals surface area contributed by atoms with Gasteiger partial charge in [0, 0.05) is 19.2 Å². The number of hydrogen-bond donors (Lipinski definition) is 1. The quantitative estimate of drug-likeness (QED) is 0.546. The maximum Gasteiger partial charge on any atom is 0.417 e. The Morgan fingerprint density at radius 2 is 1.93 bits per heavy atom. The molecular formula is C18H21F3N4O3. The third-order valence-corrected chi connectivity index (χ3v) is 4.12. The molecule has 28 heavy (non-hydrogen) atoms. The van der Waals surface area contributed by atoms with Crippen LogP contribution in [-0.4, -0.2) is 40.3 Å². The van der Waals surface area contributed by atoms with Crippen LogP contribution in [0.25, 0.3) is 5.82 Å². The molecule has 0 fully saturated rings. The van der Waals surface area contributed by atoms with Crippen molar-refractivity contribution in [3.63, 3.8) is 0 Å². The van der Waals surface area contributed by atoms with Gasteiger partial charge < -0.3 is 10.1 Å². The Balaban J connectivity index is 1.91. The van der Waals surface area contributed by atoms with Gasteiger partial charge in [-0.1, -0.05) is 6.42 Å². The first-order valence-electron chi connectivity index (χ1n) is 8.67. The number of nitrogens with zero attached hydrogens (tertiary/aromatic N) is 3. The molecule has 1 amide bonds. The molecule has 0 aliphatic rings. The third-order valence-electron chi connectivity index (χ3n) is 4.12. The highest BCUT2D eigenvalue weighted by Crippen LogP contribution is 2.28. The van der Waals surface area contributed by atoms with Crippen LogP contribution < -0.4 is 5.32 Å². The zero-order valence-corrected chi connectivity index (χ0v) is 15.5. The number of methoxy groups -OCH3 is 1. The summed E-state index contributed by atoms with van der Waals surface area (Å²) in [4.78, 5) is 27.1. The summed E-state index contributed by atoms with van der Waals surface area (Å²) < 4.78 is 43.7. The fraction of sp³-hybridized carbons (Fsp3) is 0.444. The second-order valence-corrected chi connectivity index (χ2v) is 6.10. The van der Waals surface area contributed by atoms with Crippen LogP contribution in [0.15, 0.2) is 24.5 Å². The van der Waals surface area contributed by atoms with Gasteiger partial charge in [0.15, 0.2) is 5.82 Å². The van der Waals surface area contributed by atoms with Gasteiger partial charge in [-0.2, -0.15) is 18.3 Å². The van der Waals surface area contributed by atoms with Crippen molar-refractivity contribution in [1.29, 1.82) is 0 Å². The van der Waals surface area contributed by atoms with Crippen molar-refractivity contribution >= 4 is 11.9 Å². The summed E-state index contributed by atoms with van der Waals surface area (Å²) in [6.07, 6.45) is 0.105. The summed E-state index contributed by atoms with van der Waals surface area (Å²) in [5.41, 5.74) is -0.0714. The van der Waals surface area contributed by atoms with E-state index in [-0.39, 0.29) is 17.7 Å². The number of pyridine rings is 1. The fourth-order valence-electron chi connectivity index (χ4n) is 2.51. The van der Waals surface area contributed by atoms with Gasteiger partial charge in [0.2, 0.25) is 0 Å². The molecule has 0 aliphatic carbocycles. The summed E-state index contributed by atoms with van der Waals surface area (Å²) in [6, 6.07) is 2.11. The van der Waals surface area contributed by atoms with Crippen LogP contribution in [0.4, 0.5) is 13.2 Å². The molecule has 0 bridgehead atoms. The number of esters is 1. The molecule has 0 spiro atoms. The number of unbranched alkanes of at least 4 members (excludes halogenated alkanes) is 2. The molecule has 0 aliphatic heterocycles. The van der Waals surface area contributed by atoms with Gasteiger partial charge in [0.05, 0.1) is 30.1 Å². The lowest BCUT2D eigenvalue weighted by Crippen LogP contribution is -2.25. The molecule has 0 aromatic carbocycles. The van der Waals surface area contributed by atoms with E-state index < -0.39 is 11.7 Å². The van der Waals surface area contributed by atoms with E-state index in [4.69, 9.17) is 0 Å². The first-order chi connectivity index (χ1) is 13.2. The maximum atomic E-state index is 12.6. The van der Waals surface area contributed by atoms with E-state index >= 15 is 0 Å². The highest BCUT2D eigenvalue weighted by molar-refractivity contribution is 5.95. The molecule has 0 saturated carbocycles. The summed E-state index contributed by atoms with van der Waals surface area (Å²) >= 11 is 0. The molecule has 152 valence electrons. The van der Waals surface area contributed by atoms with Crippen LogP contribution in [0.3, 0.4) is 0 Å². The van der Waals surface area contributed by atoms with Crippen LogP contribution in [0.1, 0.15) is 47.3 Å². The smallest absolute Gasteiger partial charge is 0.417 e. The van der Waals surface area contributed by atoms with Crippen LogP contribution >= 0.6 is 0 Å². The fourth-order valence-corrected chi connectivity index (χ4v) is 2.51. The summed E-state index contributed by atoms with van der Waals surface area (Å²) in [6.45, 7) is 2.07. The normalized spacial score (nSPS) is 11.3. The Morgan fingerprint density at radius 1 is 1.18 bits per heavy atom. The van der Waals surface area contributed by atoms with Crippen molar-refractivity contribution in [1.82, 2.24) is 20.1 Å². The number of aromatic nitrogens is 3. The average Bonchev–Trinajstić information content (AvgIpc) is 3.05. The first-order valence-corrected chi connectivity index (χ1v) is 8.67. The minimum absolute atomic E-state index is 0.187. The zero-order chi connectivity index (χ0) is 20.7. The van der Waals surface area contributed by atoms with Crippen molar-refractivity contribution < 1.29 is 27.5 Å². The summed E-state index contributed by atoms with van der Waals surface area (Å²) in [5, 5.41) is 6.80. The topological polar surface area (TPSA) is 86.1 Å². The van der Waals surface area contributed by atoms with E-state index in [0.29, 0.717) is 37.1 Å². The molecule has 2 aromatic heterocycles. The number of halogens is 3. The van der Waals surface area contributed by atoms with E-state index in [1.54, 1.807) is 6.92 Å². The van der Waals surface area contributed by atoms with Crippen molar-refractivity contribution in [2.75, 3.05) is 13.7 Å². The van der Waals surface area contributed by atoms with Gasteiger partial charge >= 0.3 is 12.1 Å². The number of carbonyl (C=O) groups is 2. The monoisotopic (exact) mass is 398 g/mol. The van der Waals surface area contributed by atoms with Crippen molar-refractivity contribution in [3.05, 3.63) is 41.3 Å². The van der Waals surface area contributed by atoms with Crippen LogP contribution in [0, 0.1) is 6.92 Å². The molecule has 1 N–H and O–H groups in total. The third kappa shape index (κ3) is 5.54. The Kier molecular flexibility index (Phi) is 7.13. The van der Waals surface area contributed by atoms with Gasteiger partial charge in [0.25, 0.3) is 5.91 Å². The van der Waals surface area contributed by atoms with Crippen LogP contribution in [0.2, 0.25) is 0 Å². The van der Waals surface area contributed by atoms with Crippen molar-refractivity contribution in [2.24, 2.45) is 0 Å². The minimum Gasteiger partial charge on any atom is -0.469 e. The largest absolute Gasteiger partial charge is 0.469 e. The molecule has 0 radical (unpaired) electrons. The van der Waals surface area contributed by atoms with Gasteiger partial charge in [-0.25, -0.2) is 9.67 Å². The van der Waals surface area contributed by atoms with E-state index in [2.05, 4.69) is 20.1 Å². The summed E-state index contributed by atoms with van der Waals surface area (Å²) in [7, 11) is 1.34. The van der Waals surface area contributed by atoms with E-state index in [9.17, 15) is 22.8 Å². The van der Waals surface area contributed by atoms with Gasteiger partial charge in [0.1, 0.15) is 0 Å². The Bertz CT molecular complexity index is 816. The maximum absolute atomic E-state index is 12.6. The second kappa shape index (κ2) is 9.34. The van der Waals surface area contributed by atoms with Gasteiger partial charge in [-0.05, 0) is 31.9 Å². The average molecular weight is 398 g/mol. The van der Waals surface area contributed by atoms with Gasteiger partial charge in [-0.3, -0.25) is 9.59 Å². The Morgan fingerprint density at radius 3 is 2.54 bits per heavy atom. The first kappa shape index (κ1) is 21.4. The summed E-state index contributed by atoms with van der Waals surface area (Å²) in [5.74, 6) is -0.403. The highest BCUT2D eigenvalue weighted by Gasteiger charge is 2.30. The highest BCUT2D eigenvalue weighted by atomic mass is 19.4. The molecule has 2 aromatic rings. The predicted molar refractivity (Wildman–Crippen MR) is 93.9 cm³/mol. The number of carbonyl (C=O) groups excluding carboxylic acids is 2. The molecule has 2 heterocycles. The molecule has 0 saturated heterocycles. The second-order valence-electron chi connectivity index (χ2n) is 6.10. The number of nitrogens with one attached hydrogen (secondary N) is 1. The zero-order valence-electron chi connectivity index (χ0n) is 15.5. The minimum atomic E-state index is -4.47. The van der Waals surface area contributed by atoms with E-state index in [1.165, 1.54) is 24.1 Å². The lowest BCUT2D eigenvalue weighted by molar-refractivity contribution is -0.140. The molecule has 0 atom stereocenters. The number of ether oxygens (including phenoxy) is 1. The van der Waals surface area contributed by atoms with Crippen molar-refractivity contribution in [3.8, 4) is 5.82 Å². The lowest BCUT2D eigenvalue weighted by Gasteiger charge is -2.08. The number of hydrogen-bond acceptors (Lipinski definition) is 5.